The lowest BCUT2D eigenvalue weighted by Gasteiger charge is -2.32. The highest BCUT2D eigenvalue weighted by molar-refractivity contribution is 7.89. The largest absolute Gasteiger partial charge is 0.338 e. The summed E-state index contributed by atoms with van der Waals surface area (Å²) >= 11 is 0. The Kier molecular flexibility index (Phi) is 7.90. The van der Waals surface area contributed by atoms with E-state index in [0.29, 0.717) is 19.6 Å². The molecule has 0 unspecified atom stereocenters. The van der Waals surface area contributed by atoms with Crippen molar-refractivity contribution in [2.24, 2.45) is 0 Å². The lowest BCUT2D eigenvalue weighted by Crippen LogP contribution is -3.15. The molecule has 10 heteroatoms. The van der Waals surface area contributed by atoms with Gasteiger partial charge in [-0.3, -0.25) is 14.9 Å². The first-order chi connectivity index (χ1) is 13.3. The molecule has 1 aromatic rings. The lowest BCUT2D eigenvalue weighted by atomic mass is 10.3. The van der Waals surface area contributed by atoms with Gasteiger partial charge in [0.05, 0.1) is 31.1 Å². The first kappa shape index (κ1) is 22.3. The third-order valence-electron chi connectivity index (χ3n) is 4.85. The predicted octanol–water partition coefficient (Wildman–Crippen LogP) is 0.133. The molecule has 0 radical (unpaired) electrons. The zero-order valence-electron chi connectivity index (χ0n) is 16.5. The molecule has 1 aliphatic heterocycles. The summed E-state index contributed by atoms with van der Waals surface area (Å²) in [5.74, 6) is 0.0914. The number of nitro benzene ring substituents is 1. The molecule has 1 fully saturated rings. The highest BCUT2D eigenvalue weighted by atomic mass is 32.2. The summed E-state index contributed by atoms with van der Waals surface area (Å²) in [5.41, 5.74) is -0.415. The fourth-order valence-electron chi connectivity index (χ4n) is 3.41. The van der Waals surface area contributed by atoms with Gasteiger partial charge in [-0.25, -0.2) is 8.42 Å². The zero-order valence-corrected chi connectivity index (χ0v) is 17.3. The second-order valence-electron chi connectivity index (χ2n) is 6.94. The van der Waals surface area contributed by atoms with Crippen LogP contribution >= 0.6 is 0 Å². The maximum atomic E-state index is 12.9. The van der Waals surface area contributed by atoms with Crippen molar-refractivity contribution in [2.75, 3.05) is 45.8 Å². The standard InChI is InChI=1S/C18H28N4O5S/c1-3-9-20(10-4-2)18(23)15-19-11-13-21(14-12-19)28(26,27)17-8-6-5-7-16(17)22(24)25/h5-8H,3-4,9-15H2,1-2H3/p+1. The van der Waals surface area contributed by atoms with Gasteiger partial charge in [-0.1, -0.05) is 26.0 Å². The zero-order chi connectivity index (χ0) is 20.7. The van der Waals surface area contributed by atoms with Gasteiger partial charge >= 0.3 is 0 Å². The van der Waals surface area contributed by atoms with Gasteiger partial charge in [0.2, 0.25) is 10.0 Å². The van der Waals surface area contributed by atoms with Crippen molar-refractivity contribution in [1.29, 1.82) is 0 Å². The number of rotatable bonds is 9. The van der Waals surface area contributed by atoms with Gasteiger partial charge in [0.15, 0.2) is 11.4 Å². The summed E-state index contributed by atoms with van der Waals surface area (Å²) in [6.07, 6.45) is 1.81. The summed E-state index contributed by atoms with van der Waals surface area (Å²) in [6.45, 7) is 7.35. The summed E-state index contributed by atoms with van der Waals surface area (Å²) in [7, 11) is -3.94. The third kappa shape index (κ3) is 5.27. The Hall–Kier alpha value is -2.04. The minimum atomic E-state index is -3.94. The number of piperazine rings is 1. The number of quaternary nitrogens is 1. The number of benzene rings is 1. The number of hydrogen-bond donors (Lipinski definition) is 1. The van der Waals surface area contributed by atoms with E-state index in [-0.39, 0.29) is 23.9 Å². The van der Waals surface area contributed by atoms with E-state index in [1.807, 2.05) is 18.7 Å². The molecule has 1 heterocycles. The van der Waals surface area contributed by atoms with Crippen LogP contribution in [-0.2, 0) is 14.8 Å². The first-order valence-electron chi connectivity index (χ1n) is 9.66. The fourth-order valence-corrected chi connectivity index (χ4v) is 5.01. The average molecular weight is 414 g/mol. The molecule has 0 spiro atoms. The summed E-state index contributed by atoms with van der Waals surface area (Å²) in [4.78, 5) is 25.6. The Morgan fingerprint density at radius 3 is 2.29 bits per heavy atom. The van der Waals surface area contributed by atoms with E-state index < -0.39 is 20.6 Å². The fraction of sp³-hybridized carbons (Fsp3) is 0.611. The van der Waals surface area contributed by atoms with Crippen molar-refractivity contribution in [1.82, 2.24) is 9.21 Å². The van der Waals surface area contributed by atoms with Gasteiger partial charge in [-0.2, -0.15) is 4.31 Å². The molecule has 9 nitrogen and oxygen atoms in total. The van der Waals surface area contributed by atoms with Gasteiger partial charge in [-0.15, -0.1) is 0 Å². The smallest absolute Gasteiger partial charge is 0.289 e. The summed E-state index contributed by atoms with van der Waals surface area (Å²) in [6, 6.07) is 5.39. The highest BCUT2D eigenvalue weighted by Gasteiger charge is 2.35. The predicted molar refractivity (Wildman–Crippen MR) is 105 cm³/mol. The number of sulfonamides is 1. The Bertz CT molecular complexity index is 785. The van der Waals surface area contributed by atoms with Gasteiger partial charge in [0.25, 0.3) is 11.6 Å². The number of carbonyl (C=O) groups is 1. The summed E-state index contributed by atoms with van der Waals surface area (Å²) in [5, 5.41) is 11.2. The van der Waals surface area contributed by atoms with Gasteiger partial charge < -0.3 is 9.80 Å². The minimum absolute atomic E-state index is 0.0914. The number of nitro groups is 1. The van der Waals surface area contributed by atoms with Crippen LogP contribution in [0.2, 0.25) is 0 Å². The van der Waals surface area contributed by atoms with Crippen LogP contribution in [0.25, 0.3) is 0 Å². The van der Waals surface area contributed by atoms with Crippen molar-refractivity contribution in [3.05, 3.63) is 34.4 Å². The quantitative estimate of drug-likeness (QED) is 0.458. The van der Waals surface area contributed by atoms with E-state index in [1.54, 1.807) is 0 Å². The topological polar surface area (TPSA) is 105 Å². The van der Waals surface area contributed by atoms with Gasteiger partial charge in [-0.05, 0) is 18.9 Å². The van der Waals surface area contributed by atoms with E-state index in [0.717, 1.165) is 30.8 Å². The summed E-state index contributed by atoms with van der Waals surface area (Å²) < 4.78 is 27.0. The molecule has 0 aliphatic carbocycles. The number of para-hydroxylation sites is 1. The van der Waals surface area contributed by atoms with E-state index in [2.05, 4.69) is 0 Å². The molecule has 156 valence electrons. The van der Waals surface area contributed by atoms with Crippen LogP contribution in [0.5, 0.6) is 0 Å². The molecule has 0 aromatic heterocycles. The van der Waals surface area contributed by atoms with Crippen LogP contribution < -0.4 is 4.90 Å². The van der Waals surface area contributed by atoms with Crippen LogP contribution in [0, 0.1) is 10.1 Å². The van der Waals surface area contributed by atoms with Crippen LogP contribution in [-0.4, -0.2) is 74.3 Å². The Morgan fingerprint density at radius 2 is 1.75 bits per heavy atom. The van der Waals surface area contributed by atoms with E-state index in [1.165, 1.54) is 28.6 Å². The van der Waals surface area contributed by atoms with E-state index >= 15 is 0 Å². The van der Waals surface area contributed by atoms with Crippen LogP contribution in [0.4, 0.5) is 5.69 Å². The van der Waals surface area contributed by atoms with Crippen LogP contribution in [0.3, 0.4) is 0 Å². The molecule has 1 saturated heterocycles. The van der Waals surface area contributed by atoms with Crippen molar-refractivity contribution < 1.29 is 23.0 Å². The van der Waals surface area contributed by atoms with Crippen molar-refractivity contribution >= 4 is 21.6 Å². The van der Waals surface area contributed by atoms with Crippen LogP contribution in [0.15, 0.2) is 29.2 Å². The van der Waals surface area contributed by atoms with Crippen molar-refractivity contribution in [3.63, 3.8) is 0 Å². The van der Waals surface area contributed by atoms with Crippen molar-refractivity contribution in [2.45, 2.75) is 31.6 Å². The number of nitrogens with zero attached hydrogens (tertiary/aromatic N) is 3. The maximum absolute atomic E-state index is 12.9. The second-order valence-corrected chi connectivity index (χ2v) is 8.84. The molecule has 1 aromatic carbocycles. The molecule has 2 rings (SSSR count). The lowest BCUT2D eigenvalue weighted by molar-refractivity contribution is -0.896. The van der Waals surface area contributed by atoms with Gasteiger partial charge in [0.1, 0.15) is 0 Å². The SMILES string of the molecule is CCCN(CCC)C(=O)C[NH+]1CCN(S(=O)(=O)c2ccccc2[N+](=O)[O-])CC1. The Labute approximate surface area is 166 Å². The molecular formula is C18H29N4O5S+. The number of hydrogen-bond acceptors (Lipinski definition) is 5. The molecule has 1 amide bonds. The monoisotopic (exact) mass is 413 g/mol. The van der Waals surface area contributed by atoms with Crippen molar-refractivity contribution in [3.8, 4) is 0 Å². The molecular weight excluding hydrogens is 384 g/mol. The number of nitrogens with one attached hydrogen (secondary N) is 1. The molecule has 1 N–H and O–H groups in total. The Balaban J connectivity index is 2.02. The number of amides is 1. The van der Waals surface area contributed by atoms with Crippen LogP contribution in [0.1, 0.15) is 26.7 Å². The average Bonchev–Trinajstić information content (AvgIpc) is 2.68. The van der Waals surface area contributed by atoms with E-state index in [9.17, 15) is 23.3 Å². The second kappa shape index (κ2) is 9.94. The molecule has 28 heavy (non-hydrogen) atoms. The highest BCUT2D eigenvalue weighted by Crippen LogP contribution is 2.26. The first-order valence-corrected chi connectivity index (χ1v) is 11.1. The number of carbonyl (C=O) groups excluding carboxylic acids is 1. The normalized spacial score (nSPS) is 16.1. The molecule has 0 bridgehead atoms. The van der Waals surface area contributed by atoms with Gasteiger partial charge in [0, 0.05) is 19.2 Å². The molecule has 1 aliphatic rings. The minimum Gasteiger partial charge on any atom is -0.338 e. The van der Waals surface area contributed by atoms with E-state index in [4.69, 9.17) is 0 Å². The molecule has 0 atom stereocenters. The molecule has 0 saturated carbocycles. The third-order valence-corrected chi connectivity index (χ3v) is 6.80. The maximum Gasteiger partial charge on any atom is 0.289 e. The Morgan fingerprint density at radius 1 is 1.18 bits per heavy atom.